The molecule has 1 aliphatic rings. The molecule has 0 N–H and O–H groups in total. The smallest absolute Gasteiger partial charge is 0.273 e. The van der Waals surface area contributed by atoms with Gasteiger partial charge in [0.25, 0.3) is 5.91 Å². The van der Waals surface area contributed by atoms with Crippen LogP contribution in [0.4, 0.5) is 4.39 Å². The van der Waals surface area contributed by atoms with Gasteiger partial charge in [0.15, 0.2) is 11.6 Å². The maximum Gasteiger partial charge on any atom is 0.273 e. The summed E-state index contributed by atoms with van der Waals surface area (Å²) in [6.07, 6.45) is 0. The first-order valence-electron chi connectivity index (χ1n) is 8.38. The van der Waals surface area contributed by atoms with Gasteiger partial charge in [-0.2, -0.15) is 0 Å². The van der Waals surface area contributed by atoms with Crippen LogP contribution < -0.4 is 4.74 Å². The second-order valence-corrected chi connectivity index (χ2v) is 7.04. The topological polar surface area (TPSA) is 54.9 Å². The number of piperazine rings is 1. The number of aromatic nitrogens is 1. The van der Waals surface area contributed by atoms with Crippen molar-refractivity contribution >= 4 is 17.2 Å². The Morgan fingerprint density at radius 2 is 2.04 bits per heavy atom. The first-order chi connectivity index (χ1) is 12.6. The molecule has 1 aliphatic heterocycles. The average Bonchev–Trinajstić information content (AvgIpc) is 3.11. The van der Waals surface area contributed by atoms with Crippen LogP contribution in [0.2, 0.25) is 0 Å². The number of carbonyl (C=O) groups excluding carboxylic acids is 1. The van der Waals surface area contributed by atoms with E-state index in [1.54, 1.807) is 18.6 Å². The standard InChI is InChI=1S/C18H22FN3O3S/c1-24-11-17-20-15(12-26-17)18(23)22-7-5-21(6-8-22)10-13-3-4-16(25-2)14(19)9-13/h3-4,9,12H,5-8,10-11H2,1-2H3. The minimum Gasteiger partial charge on any atom is -0.494 e. The molecule has 0 saturated carbocycles. The third-order valence-electron chi connectivity index (χ3n) is 4.32. The zero-order valence-corrected chi connectivity index (χ0v) is 15.7. The van der Waals surface area contributed by atoms with Gasteiger partial charge in [-0.25, -0.2) is 9.37 Å². The zero-order chi connectivity index (χ0) is 18.5. The van der Waals surface area contributed by atoms with Crippen LogP contribution in [0.3, 0.4) is 0 Å². The number of carbonyl (C=O) groups is 1. The molecule has 1 aromatic heterocycles. The van der Waals surface area contributed by atoms with Gasteiger partial charge in [-0.15, -0.1) is 11.3 Å². The molecule has 0 atom stereocenters. The molecule has 1 saturated heterocycles. The molecule has 2 heterocycles. The van der Waals surface area contributed by atoms with Crippen LogP contribution in [0.1, 0.15) is 21.1 Å². The number of halogens is 1. The summed E-state index contributed by atoms with van der Waals surface area (Å²) in [6.45, 7) is 3.83. The number of rotatable bonds is 6. The van der Waals surface area contributed by atoms with Crippen LogP contribution in [0, 0.1) is 5.82 Å². The van der Waals surface area contributed by atoms with Crippen LogP contribution in [0.25, 0.3) is 0 Å². The van der Waals surface area contributed by atoms with Crippen LogP contribution in [0.5, 0.6) is 5.75 Å². The highest BCUT2D eigenvalue weighted by Crippen LogP contribution is 2.20. The van der Waals surface area contributed by atoms with Gasteiger partial charge in [-0.1, -0.05) is 6.07 Å². The molecule has 26 heavy (non-hydrogen) atoms. The highest BCUT2D eigenvalue weighted by atomic mass is 32.1. The van der Waals surface area contributed by atoms with Crippen molar-refractivity contribution in [2.75, 3.05) is 40.4 Å². The van der Waals surface area contributed by atoms with Crippen molar-refractivity contribution < 1.29 is 18.7 Å². The minimum atomic E-state index is -0.353. The molecule has 0 radical (unpaired) electrons. The van der Waals surface area contributed by atoms with Gasteiger partial charge < -0.3 is 14.4 Å². The molecular weight excluding hydrogens is 357 g/mol. The van der Waals surface area contributed by atoms with Crippen LogP contribution in [-0.4, -0.2) is 61.1 Å². The average molecular weight is 379 g/mol. The van der Waals surface area contributed by atoms with Crippen LogP contribution in [-0.2, 0) is 17.9 Å². The lowest BCUT2D eigenvalue weighted by Gasteiger charge is -2.34. The monoisotopic (exact) mass is 379 g/mol. The largest absolute Gasteiger partial charge is 0.494 e. The Kier molecular flexibility index (Phi) is 6.18. The fourth-order valence-corrected chi connectivity index (χ4v) is 3.67. The lowest BCUT2D eigenvalue weighted by Crippen LogP contribution is -2.48. The Morgan fingerprint density at radius 3 is 2.69 bits per heavy atom. The normalized spacial score (nSPS) is 15.3. The highest BCUT2D eigenvalue weighted by Gasteiger charge is 2.24. The molecule has 0 bridgehead atoms. The lowest BCUT2D eigenvalue weighted by atomic mass is 10.1. The predicted molar refractivity (Wildman–Crippen MR) is 97.0 cm³/mol. The third kappa shape index (κ3) is 4.38. The summed E-state index contributed by atoms with van der Waals surface area (Å²) in [7, 11) is 3.06. The summed E-state index contributed by atoms with van der Waals surface area (Å²) in [6, 6.07) is 5.01. The number of nitrogens with zero attached hydrogens (tertiary/aromatic N) is 3. The van der Waals surface area contributed by atoms with E-state index >= 15 is 0 Å². The van der Waals surface area contributed by atoms with Crippen molar-refractivity contribution in [3.63, 3.8) is 0 Å². The summed E-state index contributed by atoms with van der Waals surface area (Å²) >= 11 is 1.43. The van der Waals surface area contributed by atoms with Gasteiger partial charge in [0.05, 0.1) is 13.7 Å². The molecule has 8 heteroatoms. The minimum absolute atomic E-state index is 0.0428. The Labute approximate surface area is 156 Å². The SMILES string of the molecule is COCc1nc(C(=O)N2CCN(Cc3ccc(OC)c(F)c3)CC2)cs1. The van der Waals surface area contributed by atoms with E-state index in [9.17, 15) is 9.18 Å². The summed E-state index contributed by atoms with van der Waals surface area (Å²) in [5.74, 6) is -0.145. The van der Waals surface area contributed by atoms with E-state index in [-0.39, 0.29) is 17.5 Å². The number of ether oxygens (including phenoxy) is 2. The molecule has 1 amide bonds. The van der Waals surface area contributed by atoms with E-state index in [0.717, 1.165) is 23.7 Å². The zero-order valence-electron chi connectivity index (χ0n) is 14.9. The number of methoxy groups -OCH3 is 2. The van der Waals surface area contributed by atoms with Gasteiger partial charge in [0, 0.05) is 45.2 Å². The highest BCUT2D eigenvalue weighted by molar-refractivity contribution is 7.09. The van der Waals surface area contributed by atoms with Crippen molar-refractivity contribution in [2.24, 2.45) is 0 Å². The van der Waals surface area contributed by atoms with Gasteiger partial charge in [-0.3, -0.25) is 9.69 Å². The Morgan fingerprint density at radius 1 is 1.27 bits per heavy atom. The van der Waals surface area contributed by atoms with Gasteiger partial charge >= 0.3 is 0 Å². The number of hydrogen-bond acceptors (Lipinski definition) is 6. The third-order valence-corrected chi connectivity index (χ3v) is 5.14. The molecule has 6 nitrogen and oxygen atoms in total. The van der Waals surface area contributed by atoms with E-state index in [1.807, 2.05) is 11.0 Å². The number of thiazole rings is 1. The van der Waals surface area contributed by atoms with Crippen molar-refractivity contribution in [3.8, 4) is 5.75 Å². The maximum atomic E-state index is 13.8. The van der Waals surface area contributed by atoms with Crippen molar-refractivity contribution in [1.82, 2.24) is 14.8 Å². The second-order valence-electron chi connectivity index (χ2n) is 6.10. The second kappa shape index (κ2) is 8.57. The Hall–Kier alpha value is -2.03. The number of benzene rings is 1. The summed E-state index contributed by atoms with van der Waals surface area (Å²) in [5.41, 5.74) is 1.37. The summed E-state index contributed by atoms with van der Waals surface area (Å²) in [5, 5.41) is 2.58. The first kappa shape index (κ1) is 18.8. The molecule has 140 valence electrons. The lowest BCUT2D eigenvalue weighted by molar-refractivity contribution is 0.0623. The number of amides is 1. The molecule has 1 aromatic carbocycles. The van der Waals surface area contributed by atoms with Crippen molar-refractivity contribution in [2.45, 2.75) is 13.2 Å². The molecular formula is C18H22FN3O3S. The molecule has 0 unspecified atom stereocenters. The Bertz CT molecular complexity index is 760. The van der Waals surface area contributed by atoms with Gasteiger partial charge in [0.2, 0.25) is 0 Å². The maximum absolute atomic E-state index is 13.8. The van der Waals surface area contributed by atoms with Crippen molar-refractivity contribution in [1.29, 1.82) is 0 Å². The van der Waals surface area contributed by atoms with Gasteiger partial charge in [-0.05, 0) is 17.7 Å². The molecule has 0 aliphatic carbocycles. The van der Waals surface area contributed by atoms with E-state index in [4.69, 9.17) is 9.47 Å². The van der Waals surface area contributed by atoms with Crippen LogP contribution in [0.15, 0.2) is 23.6 Å². The number of hydrogen-bond donors (Lipinski definition) is 0. The van der Waals surface area contributed by atoms with Crippen LogP contribution >= 0.6 is 11.3 Å². The Balaban J connectivity index is 1.53. The summed E-state index contributed by atoms with van der Waals surface area (Å²) < 4.78 is 23.8. The quantitative estimate of drug-likeness (QED) is 0.771. The van der Waals surface area contributed by atoms with E-state index in [0.29, 0.717) is 31.9 Å². The summed E-state index contributed by atoms with van der Waals surface area (Å²) in [4.78, 5) is 20.9. The van der Waals surface area contributed by atoms with Gasteiger partial charge in [0.1, 0.15) is 10.7 Å². The van der Waals surface area contributed by atoms with E-state index < -0.39 is 0 Å². The molecule has 1 fully saturated rings. The molecule has 0 spiro atoms. The molecule has 2 aromatic rings. The van der Waals surface area contributed by atoms with E-state index in [2.05, 4.69) is 9.88 Å². The fraction of sp³-hybridized carbons (Fsp3) is 0.444. The van der Waals surface area contributed by atoms with E-state index in [1.165, 1.54) is 24.5 Å². The molecule has 3 rings (SSSR count). The first-order valence-corrected chi connectivity index (χ1v) is 9.26. The van der Waals surface area contributed by atoms with Crippen molar-refractivity contribution in [3.05, 3.63) is 45.7 Å². The fourth-order valence-electron chi connectivity index (χ4n) is 2.94. The predicted octanol–water partition coefficient (Wildman–Crippen LogP) is 2.40.